The predicted molar refractivity (Wildman–Crippen MR) is 71.9 cm³/mol. The van der Waals surface area contributed by atoms with Crippen LogP contribution >= 0.6 is 0 Å². The van der Waals surface area contributed by atoms with Crippen LogP contribution in [0.5, 0.6) is 0 Å². The van der Waals surface area contributed by atoms with E-state index in [1.165, 1.54) is 25.7 Å². The van der Waals surface area contributed by atoms with Gasteiger partial charge in [-0.25, -0.2) is 0 Å². The monoisotopic (exact) mass is 237 g/mol. The maximum atomic E-state index is 4.22. The first-order chi connectivity index (χ1) is 8.08. The van der Waals surface area contributed by atoms with Crippen LogP contribution < -0.4 is 0 Å². The molecule has 0 amide bonds. The van der Waals surface area contributed by atoms with E-state index in [2.05, 4.69) is 44.2 Å². The molecule has 1 aromatic heterocycles. The van der Waals surface area contributed by atoms with E-state index in [9.17, 15) is 0 Å². The molecular weight excluding hydrogens is 210 g/mol. The largest absolute Gasteiger partial charge is 0.252 e. The van der Waals surface area contributed by atoms with Crippen LogP contribution in [0, 0.1) is 11.8 Å². The Morgan fingerprint density at radius 1 is 1.06 bits per heavy atom. The minimum absolute atomic E-state index is 0.782. The maximum absolute atomic E-state index is 4.22. The van der Waals surface area contributed by atoms with E-state index >= 15 is 0 Å². The first kappa shape index (κ1) is 14.2. The number of aryl methyl sites for hydroxylation is 2. The summed E-state index contributed by atoms with van der Waals surface area (Å²) in [7, 11) is 0. The quantitative estimate of drug-likeness (QED) is 0.690. The maximum Gasteiger partial charge on any atom is 0.0827 e. The van der Waals surface area contributed by atoms with Gasteiger partial charge in [0.05, 0.1) is 5.69 Å². The van der Waals surface area contributed by atoms with Crippen LogP contribution in [0.4, 0.5) is 0 Å². The molecule has 0 aliphatic carbocycles. The van der Waals surface area contributed by atoms with Crippen LogP contribution in [0.3, 0.4) is 0 Å². The Morgan fingerprint density at radius 3 is 2.35 bits per heavy atom. The fraction of sp³-hybridized carbons (Fsp3) is 0.857. The number of aromatic nitrogens is 3. The molecule has 0 saturated carbocycles. The first-order valence-corrected chi connectivity index (χ1v) is 6.97. The van der Waals surface area contributed by atoms with Gasteiger partial charge in [0.1, 0.15) is 0 Å². The van der Waals surface area contributed by atoms with E-state index in [-0.39, 0.29) is 0 Å². The van der Waals surface area contributed by atoms with Crippen molar-refractivity contribution in [3.05, 3.63) is 11.9 Å². The molecule has 0 saturated heterocycles. The van der Waals surface area contributed by atoms with Gasteiger partial charge in [-0.3, -0.25) is 4.68 Å². The molecule has 0 fully saturated rings. The molecule has 1 aromatic rings. The summed E-state index contributed by atoms with van der Waals surface area (Å²) in [6, 6.07) is 0. The standard InChI is InChI=1S/C14H27N3/c1-12(2)7-5-9-14-11-17(16-15-14)10-6-8-13(3)4/h11-13H,5-10H2,1-4H3. The summed E-state index contributed by atoms with van der Waals surface area (Å²) in [5, 5.41) is 8.40. The number of hydrogen-bond acceptors (Lipinski definition) is 2. The summed E-state index contributed by atoms with van der Waals surface area (Å²) >= 11 is 0. The zero-order valence-electron chi connectivity index (χ0n) is 11.8. The van der Waals surface area contributed by atoms with Crippen molar-refractivity contribution in [3.8, 4) is 0 Å². The minimum atomic E-state index is 0.782. The Bertz CT molecular complexity index is 274. The van der Waals surface area contributed by atoms with Crippen molar-refractivity contribution < 1.29 is 0 Å². The Morgan fingerprint density at radius 2 is 1.71 bits per heavy atom. The Labute approximate surface area is 106 Å². The third kappa shape index (κ3) is 6.44. The Hall–Kier alpha value is -0.860. The van der Waals surface area contributed by atoms with Gasteiger partial charge in [-0.05, 0) is 37.5 Å². The molecule has 0 N–H and O–H groups in total. The Balaban J connectivity index is 2.23. The second-order valence-corrected chi connectivity index (χ2v) is 5.80. The molecular formula is C14H27N3. The van der Waals surface area contributed by atoms with Gasteiger partial charge in [0.25, 0.3) is 0 Å². The van der Waals surface area contributed by atoms with E-state index in [0.29, 0.717) is 0 Å². The van der Waals surface area contributed by atoms with Gasteiger partial charge in [-0.15, -0.1) is 5.10 Å². The molecule has 0 spiro atoms. The fourth-order valence-corrected chi connectivity index (χ4v) is 1.92. The van der Waals surface area contributed by atoms with E-state index in [1.807, 2.05) is 4.68 Å². The van der Waals surface area contributed by atoms with Gasteiger partial charge in [0, 0.05) is 12.7 Å². The lowest BCUT2D eigenvalue weighted by molar-refractivity contribution is 0.482. The lowest BCUT2D eigenvalue weighted by Crippen LogP contribution is -2.00. The number of hydrogen-bond donors (Lipinski definition) is 0. The predicted octanol–water partition coefficient (Wildman–Crippen LogP) is 3.69. The van der Waals surface area contributed by atoms with Crippen molar-refractivity contribution in [1.29, 1.82) is 0 Å². The molecule has 98 valence electrons. The van der Waals surface area contributed by atoms with Crippen molar-refractivity contribution in [2.24, 2.45) is 11.8 Å². The van der Waals surface area contributed by atoms with E-state index in [0.717, 1.165) is 30.5 Å². The van der Waals surface area contributed by atoms with Crippen LogP contribution in [0.1, 0.15) is 59.1 Å². The summed E-state index contributed by atoms with van der Waals surface area (Å²) < 4.78 is 1.99. The van der Waals surface area contributed by atoms with Crippen molar-refractivity contribution in [2.75, 3.05) is 0 Å². The van der Waals surface area contributed by atoms with Gasteiger partial charge < -0.3 is 0 Å². The molecule has 0 radical (unpaired) electrons. The summed E-state index contributed by atoms with van der Waals surface area (Å²) in [5.41, 5.74) is 1.15. The molecule has 0 bridgehead atoms. The summed E-state index contributed by atoms with van der Waals surface area (Å²) in [4.78, 5) is 0. The van der Waals surface area contributed by atoms with Crippen molar-refractivity contribution >= 4 is 0 Å². The third-order valence-electron chi connectivity index (χ3n) is 2.97. The summed E-state index contributed by atoms with van der Waals surface area (Å²) in [6.45, 7) is 10.1. The zero-order valence-corrected chi connectivity index (χ0v) is 11.8. The highest BCUT2D eigenvalue weighted by Crippen LogP contribution is 2.09. The van der Waals surface area contributed by atoms with Crippen LogP contribution in [0.15, 0.2) is 6.20 Å². The molecule has 17 heavy (non-hydrogen) atoms. The molecule has 3 nitrogen and oxygen atoms in total. The average Bonchev–Trinajstić information content (AvgIpc) is 2.65. The molecule has 0 aliphatic rings. The second kappa shape index (κ2) is 7.46. The molecule has 0 atom stereocenters. The van der Waals surface area contributed by atoms with Gasteiger partial charge in [-0.1, -0.05) is 39.3 Å². The van der Waals surface area contributed by atoms with Crippen molar-refractivity contribution in [3.63, 3.8) is 0 Å². The first-order valence-electron chi connectivity index (χ1n) is 6.97. The SMILES string of the molecule is CC(C)CCCc1cn(CCCC(C)C)nn1. The fourth-order valence-electron chi connectivity index (χ4n) is 1.92. The highest BCUT2D eigenvalue weighted by molar-refractivity contribution is 4.92. The molecule has 0 aromatic carbocycles. The van der Waals surface area contributed by atoms with Crippen LogP contribution in [0.25, 0.3) is 0 Å². The normalized spacial score (nSPS) is 11.6. The van der Waals surface area contributed by atoms with Gasteiger partial charge >= 0.3 is 0 Å². The second-order valence-electron chi connectivity index (χ2n) is 5.80. The topological polar surface area (TPSA) is 30.7 Å². The highest BCUT2D eigenvalue weighted by atomic mass is 15.4. The van der Waals surface area contributed by atoms with Crippen LogP contribution in [-0.2, 0) is 13.0 Å². The van der Waals surface area contributed by atoms with Crippen LogP contribution in [-0.4, -0.2) is 15.0 Å². The van der Waals surface area contributed by atoms with Gasteiger partial charge in [-0.2, -0.15) is 0 Å². The van der Waals surface area contributed by atoms with Crippen molar-refractivity contribution in [1.82, 2.24) is 15.0 Å². The summed E-state index contributed by atoms with van der Waals surface area (Å²) in [5.74, 6) is 1.57. The molecule has 1 rings (SSSR count). The zero-order chi connectivity index (χ0) is 12.7. The van der Waals surface area contributed by atoms with E-state index in [1.54, 1.807) is 0 Å². The van der Waals surface area contributed by atoms with Gasteiger partial charge in [0.2, 0.25) is 0 Å². The third-order valence-corrected chi connectivity index (χ3v) is 2.97. The average molecular weight is 237 g/mol. The minimum Gasteiger partial charge on any atom is -0.252 e. The highest BCUT2D eigenvalue weighted by Gasteiger charge is 2.02. The van der Waals surface area contributed by atoms with Crippen LogP contribution in [0.2, 0.25) is 0 Å². The molecule has 0 aliphatic heterocycles. The number of rotatable bonds is 8. The molecule has 1 heterocycles. The van der Waals surface area contributed by atoms with Gasteiger partial charge in [0.15, 0.2) is 0 Å². The molecule has 3 heteroatoms. The summed E-state index contributed by atoms with van der Waals surface area (Å²) in [6.07, 6.45) is 8.15. The number of nitrogens with zero attached hydrogens (tertiary/aromatic N) is 3. The van der Waals surface area contributed by atoms with Crippen molar-refractivity contribution in [2.45, 2.75) is 66.3 Å². The lowest BCUT2D eigenvalue weighted by atomic mass is 10.1. The molecule has 0 unspecified atom stereocenters. The smallest absolute Gasteiger partial charge is 0.0827 e. The lowest BCUT2D eigenvalue weighted by Gasteiger charge is -2.03. The van der Waals surface area contributed by atoms with E-state index in [4.69, 9.17) is 0 Å². The Kier molecular flexibility index (Phi) is 6.23. The van der Waals surface area contributed by atoms with E-state index < -0.39 is 0 Å².